The zero-order valence-electron chi connectivity index (χ0n) is 19.8. The predicted octanol–water partition coefficient (Wildman–Crippen LogP) is 3.12. The molecule has 1 aromatic carbocycles. The number of para-hydroxylation sites is 1. The fraction of sp³-hybridized carbons (Fsp3) is 0.308. The van der Waals surface area contributed by atoms with Crippen LogP contribution in [0.5, 0.6) is 0 Å². The Morgan fingerprint density at radius 3 is 2.80 bits per heavy atom. The molecule has 1 aliphatic carbocycles. The van der Waals surface area contributed by atoms with E-state index in [9.17, 15) is 14.4 Å². The number of ether oxygens (including phenoxy) is 1. The maximum Gasteiger partial charge on any atom is 0.408 e. The molecule has 0 radical (unpaired) electrons. The number of carbonyl (C=O) groups is 2. The molecule has 4 rings (SSSR count). The van der Waals surface area contributed by atoms with Gasteiger partial charge in [0.15, 0.2) is 0 Å². The Morgan fingerprint density at radius 2 is 2.00 bits per heavy atom. The van der Waals surface area contributed by atoms with E-state index in [1.54, 1.807) is 45.0 Å². The lowest BCUT2D eigenvalue weighted by Crippen LogP contribution is -2.47. The molecule has 3 atom stereocenters. The highest BCUT2D eigenvalue weighted by atomic mass is 16.6. The highest BCUT2D eigenvalue weighted by Crippen LogP contribution is 2.29. The predicted molar refractivity (Wildman–Crippen MR) is 133 cm³/mol. The number of fused-ring (bicyclic) bond motifs is 2. The van der Waals surface area contributed by atoms with Crippen LogP contribution in [0.25, 0.3) is 11.0 Å². The van der Waals surface area contributed by atoms with Crippen LogP contribution < -0.4 is 21.5 Å². The average molecular weight is 477 g/mol. The van der Waals surface area contributed by atoms with Crippen LogP contribution in [-0.2, 0) is 9.53 Å². The van der Waals surface area contributed by atoms with Crippen LogP contribution in [-0.4, -0.2) is 35.9 Å². The Bertz CT molecular complexity index is 1300. The first kappa shape index (κ1) is 24.0. The van der Waals surface area contributed by atoms with E-state index in [-0.39, 0.29) is 29.4 Å². The SMILES string of the molecule is CC(C)(C)OC(=O)N[C@H](CC1=CN[C@@H]2C=CC=C[C@H]12)C(=O)N/N=C\c1coc2ccccc2c1=O. The Hall–Kier alpha value is -4.14. The normalized spacial score (nSPS) is 19.7. The van der Waals surface area contributed by atoms with Crippen molar-refractivity contribution in [1.82, 2.24) is 16.1 Å². The van der Waals surface area contributed by atoms with E-state index in [1.807, 2.05) is 24.4 Å². The fourth-order valence-corrected chi connectivity index (χ4v) is 3.94. The van der Waals surface area contributed by atoms with Gasteiger partial charge in [-0.15, -0.1) is 0 Å². The third kappa shape index (κ3) is 5.87. The summed E-state index contributed by atoms with van der Waals surface area (Å²) in [7, 11) is 0. The van der Waals surface area contributed by atoms with Crippen LogP contribution in [0.2, 0.25) is 0 Å². The average Bonchev–Trinajstić information content (AvgIpc) is 3.22. The number of hydrogen-bond acceptors (Lipinski definition) is 7. The lowest BCUT2D eigenvalue weighted by molar-refractivity contribution is -0.123. The van der Waals surface area contributed by atoms with Gasteiger partial charge in [-0.3, -0.25) is 9.59 Å². The molecule has 0 saturated heterocycles. The Morgan fingerprint density at radius 1 is 1.23 bits per heavy atom. The van der Waals surface area contributed by atoms with Gasteiger partial charge in [-0.2, -0.15) is 5.10 Å². The lowest BCUT2D eigenvalue weighted by Gasteiger charge is -2.24. The van der Waals surface area contributed by atoms with Crippen LogP contribution in [0.15, 0.2) is 80.9 Å². The van der Waals surface area contributed by atoms with Crippen molar-refractivity contribution in [3.63, 3.8) is 0 Å². The summed E-state index contributed by atoms with van der Waals surface area (Å²) in [6.45, 7) is 5.23. The molecule has 1 aliphatic heterocycles. The monoisotopic (exact) mass is 476 g/mol. The molecule has 0 fully saturated rings. The van der Waals surface area contributed by atoms with Crippen molar-refractivity contribution in [2.24, 2.45) is 11.0 Å². The minimum atomic E-state index is -0.943. The first-order valence-corrected chi connectivity index (χ1v) is 11.3. The van der Waals surface area contributed by atoms with Gasteiger partial charge in [-0.05, 0) is 44.7 Å². The van der Waals surface area contributed by atoms with Crippen molar-refractivity contribution < 1.29 is 18.7 Å². The summed E-state index contributed by atoms with van der Waals surface area (Å²) in [5.41, 5.74) is 3.05. The van der Waals surface area contributed by atoms with Gasteiger partial charge >= 0.3 is 6.09 Å². The van der Waals surface area contributed by atoms with Gasteiger partial charge in [0.2, 0.25) is 5.43 Å². The second-order valence-electron chi connectivity index (χ2n) is 9.36. The molecule has 1 aromatic heterocycles. The molecule has 9 heteroatoms. The third-order valence-corrected chi connectivity index (χ3v) is 5.56. The topological polar surface area (TPSA) is 122 Å². The first-order chi connectivity index (χ1) is 16.7. The van der Waals surface area contributed by atoms with E-state index in [1.165, 1.54) is 12.5 Å². The minimum Gasteiger partial charge on any atom is -0.463 e. The van der Waals surface area contributed by atoms with E-state index < -0.39 is 23.6 Å². The zero-order chi connectivity index (χ0) is 25.0. The zero-order valence-corrected chi connectivity index (χ0v) is 19.8. The molecule has 2 heterocycles. The second kappa shape index (κ2) is 10.0. The van der Waals surface area contributed by atoms with Crippen molar-refractivity contribution in [3.05, 3.63) is 82.4 Å². The highest BCUT2D eigenvalue weighted by molar-refractivity contribution is 5.89. The van der Waals surface area contributed by atoms with Gasteiger partial charge in [0.25, 0.3) is 5.91 Å². The molecule has 0 bridgehead atoms. The second-order valence-corrected chi connectivity index (χ2v) is 9.36. The standard InChI is InChI=1S/C26H28N4O5/c1-26(2,3)35-25(33)29-21(12-16-13-27-20-10-6-4-8-18(16)20)24(32)30-28-14-17-15-34-22-11-7-5-9-19(22)23(17)31/h4-11,13-15,18,20-21,27H,12H2,1-3H3,(H,29,33)(H,30,32)/b28-14-/t18-,20-,21-/m1/s1. The molecule has 0 unspecified atom stereocenters. The van der Waals surface area contributed by atoms with Gasteiger partial charge in [-0.1, -0.05) is 36.4 Å². The summed E-state index contributed by atoms with van der Waals surface area (Å²) < 4.78 is 10.8. The molecule has 182 valence electrons. The summed E-state index contributed by atoms with van der Waals surface area (Å²) in [5, 5.41) is 10.3. The van der Waals surface area contributed by atoms with Crippen LogP contribution in [0.3, 0.4) is 0 Å². The van der Waals surface area contributed by atoms with E-state index in [0.29, 0.717) is 11.0 Å². The maximum atomic E-state index is 13.0. The highest BCUT2D eigenvalue weighted by Gasteiger charge is 2.32. The summed E-state index contributed by atoms with van der Waals surface area (Å²) in [6, 6.07) is 6.04. The molecule has 35 heavy (non-hydrogen) atoms. The number of hydrogen-bond donors (Lipinski definition) is 3. The third-order valence-electron chi connectivity index (χ3n) is 5.56. The number of rotatable bonds is 6. The van der Waals surface area contributed by atoms with Crippen molar-refractivity contribution in [2.75, 3.05) is 0 Å². The van der Waals surface area contributed by atoms with Gasteiger partial charge in [0.1, 0.15) is 23.5 Å². The number of carbonyl (C=O) groups excluding carboxylic acids is 2. The molecule has 2 aliphatic rings. The number of amides is 2. The largest absolute Gasteiger partial charge is 0.463 e. The molecule has 2 aromatic rings. The van der Waals surface area contributed by atoms with E-state index in [2.05, 4.69) is 27.2 Å². The quantitative estimate of drug-likeness (QED) is 0.435. The molecular weight excluding hydrogens is 448 g/mol. The molecule has 9 nitrogen and oxygen atoms in total. The van der Waals surface area contributed by atoms with Crippen molar-refractivity contribution in [1.29, 1.82) is 0 Å². The minimum absolute atomic E-state index is 0.0847. The molecule has 0 spiro atoms. The van der Waals surface area contributed by atoms with Crippen LogP contribution in [0.4, 0.5) is 4.79 Å². The molecule has 2 amide bonds. The maximum absolute atomic E-state index is 13.0. The number of hydrazone groups is 1. The van der Waals surface area contributed by atoms with Gasteiger partial charge < -0.3 is 19.8 Å². The Balaban J connectivity index is 1.48. The van der Waals surface area contributed by atoms with E-state index in [4.69, 9.17) is 9.15 Å². The first-order valence-electron chi connectivity index (χ1n) is 11.3. The van der Waals surface area contributed by atoms with Crippen molar-refractivity contribution in [3.8, 4) is 0 Å². The number of nitrogens with zero attached hydrogens (tertiary/aromatic N) is 1. The molecule has 3 N–H and O–H groups in total. The number of benzene rings is 1. The summed E-state index contributed by atoms with van der Waals surface area (Å²) in [4.78, 5) is 38.0. The van der Waals surface area contributed by atoms with Crippen LogP contribution >= 0.6 is 0 Å². The summed E-state index contributed by atoms with van der Waals surface area (Å²) >= 11 is 0. The Labute approximate surface area is 202 Å². The number of allylic oxidation sites excluding steroid dienone is 2. The van der Waals surface area contributed by atoms with Crippen LogP contribution in [0, 0.1) is 5.92 Å². The van der Waals surface area contributed by atoms with Gasteiger partial charge in [-0.25, -0.2) is 10.2 Å². The van der Waals surface area contributed by atoms with Gasteiger partial charge in [0.05, 0.1) is 23.2 Å². The number of alkyl carbamates (subject to hydrolysis) is 1. The van der Waals surface area contributed by atoms with Crippen molar-refractivity contribution >= 4 is 29.2 Å². The lowest BCUT2D eigenvalue weighted by atomic mass is 9.88. The van der Waals surface area contributed by atoms with E-state index >= 15 is 0 Å². The van der Waals surface area contributed by atoms with Crippen molar-refractivity contribution in [2.45, 2.75) is 44.9 Å². The number of nitrogens with one attached hydrogen (secondary N) is 3. The molecular formula is C26H28N4O5. The van der Waals surface area contributed by atoms with Gasteiger partial charge in [0, 0.05) is 12.3 Å². The summed E-state index contributed by atoms with van der Waals surface area (Å²) in [6.07, 6.45) is 11.9. The summed E-state index contributed by atoms with van der Waals surface area (Å²) in [5.74, 6) is -0.460. The molecule has 0 saturated carbocycles. The fourth-order valence-electron chi connectivity index (χ4n) is 3.94. The van der Waals surface area contributed by atoms with E-state index in [0.717, 1.165) is 5.57 Å². The Kier molecular flexibility index (Phi) is 6.86. The van der Waals surface area contributed by atoms with Crippen LogP contribution in [0.1, 0.15) is 32.8 Å². The smallest absolute Gasteiger partial charge is 0.408 e.